The molecular weight excluding hydrogens is 591 g/mol. The summed E-state index contributed by atoms with van der Waals surface area (Å²) in [5.74, 6) is 0.586. The van der Waals surface area contributed by atoms with Crippen molar-refractivity contribution in [2.45, 2.75) is 25.7 Å². The third kappa shape index (κ3) is 7.24. The van der Waals surface area contributed by atoms with Crippen molar-refractivity contribution in [2.75, 3.05) is 46.0 Å². The van der Waals surface area contributed by atoms with Gasteiger partial charge in [0, 0.05) is 37.3 Å². The number of carbonyl (C=O) groups is 2. The maximum Gasteiger partial charge on any atom is 0.266 e. The van der Waals surface area contributed by atoms with Gasteiger partial charge >= 0.3 is 0 Å². The fourth-order valence-electron chi connectivity index (χ4n) is 5.90. The summed E-state index contributed by atoms with van der Waals surface area (Å²) in [5, 5.41) is 0. The predicted octanol–water partition coefficient (Wildman–Crippen LogP) is 5.60. The second kappa shape index (κ2) is 14.1. The summed E-state index contributed by atoms with van der Waals surface area (Å²) < 4.78 is 12.4. The number of thioether (sulfide) groups is 1. The van der Waals surface area contributed by atoms with Crippen LogP contribution in [0, 0.1) is 5.92 Å². The topological polar surface area (TPSA) is 85.1 Å². The van der Waals surface area contributed by atoms with Gasteiger partial charge in [-0.2, -0.15) is 0 Å². The molecule has 1 atom stereocenters. The summed E-state index contributed by atoms with van der Waals surface area (Å²) in [6, 6.07) is 12.8. The van der Waals surface area contributed by atoms with E-state index in [9.17, 15) is 9.59 Å². The SMILES string of the molecule is NC(=O)C1=CCC(CCN2C(=O)/C(=C/c3ccc(OCCN4CCOCC4)c(-c4ccc5c(c4)CCC=C5)c3)SC2=S)C=C1. The Hall–Kier alpha value is -3.50. The Morgan fingerprint density at radius 2 is 2.00 bits per heavy atom. The van der Waals surface area contributed by atoms with Gasteiger partial charge in [0.05, 0.1) is 18.1 Å². The molecule has 2 aliphatic heterocycles. The molecule has 2 N–H and O–H groups in total. The third-order valence-electron chi connectivity index (χ3n) is 8.47. The molecule has 2 aromatic carbocycles. The van der Waals surface area contributed by atoms with Crippen LogP contribution in [0.15, 0.2) is 71.2 Å². The maximum absolute atomic E-state index is 13.4. The van der Waals surface area contributed by atoms with E-state index in [2.05, 4.69) is 41.3 Å². The number of ether oxygens (including phenoxy) is 2. The number of amides is 2. The van der Waals surface area contributed by atoms with E-state index in [4.69, 9.17) is 27.4 Å². The quantitative estimate of drug-likeness (QED) is 0.271. The first kappa shape index (κ1) is 30.5. The molecule has 2 heterocycles. The molecule has 4 aliphatic rings. The number of primary amides is 1. The van der Waals surface area contributed by atoms with Crippen LogP contribution in [0.5, 0.6) is 5.75 Å². The van der Waals surface area contributed by atoms with Gasteiger partial charge in [0.25, 0.3) is 5.91 Å². The van der Waals surface area contributed by atoms with Gasteiger partial charge in [0.2, 0.25) is 5.91 Å². The predicted molar refractivity (Wildman–Crippen MR) is 181 cm³/mol. The van der Waals surface area contributed by atoms with Gasteiger partial charge < -0.3 is 15.2 Å². The lowest BCUT2D eigenvalue weighted by molar-refractivity contribution is -0.122. The number of allylic oxidation sites excluding steroid dienone is 3. The molecule has 2 amide bonds. The summed E-state index contributed by atoms with van der Waals surface area (Å²) >= 11 is 6.96. The number of morpholine rings is 1. The highest BCUT2D eigenvalue weighted by Gasteiger charge is 2.32. The highest BCUT2D eigenvalue weighted by Crippen LogP contribution is 2.37. The van der Waals surface area contributed by atoms with Crippen molar-refractivity contribution in [1.29, 1.82) is 0 Å². The van der Waals surface area contributed by atoms with E-state index in [1.165, 1.54) is 22.9 Å². The van der Waals surface area contributed by atoms with Crippen LogP contribution in [0.4, 0.5) is 0 Å². The van der Waals surface area contributed by atoms with E-state index in [1.54, 1.807) is 11.0 Å². The fourth-order valence-corrected chi connectivity index (χ4v) is 7.21. The number of carbonyl (C=O) groups excluding carboxylic acids is 2. The van der Waals surface area contributed by atoms with Gasteiger partial charge in [-0.15, -0.1) is 0 Å². The summed E-state index contributed by atoms with van der Waals surface area (Å²) in [4.78, 5) is 29.5. The van der Waals surface area contributed by atoms with Gasteiger partial charge in [0.15, 0.2) is 0 Å². The van der Waals surface area contributed by atoms with Crippen LogP contribution in [-0.2, 0) is 20.7 Å². The number of thiocarbonyl (C=S) groups is 1. The largest absolute Gasteiger partial charge is 0.492 e. The molecular formula is C35H37N3O4S2. The fraction of sp³-hybridized carbons (Fsp3) is 0.343. The first-order valence-corrected chi connectivity index (χ1v) is 16.5. The molecule has 1 unspecified atom stereocenters. The van der Waals surface area contributed by atoms with E-state index in [-0.39, 0.29) is 11.8 Å². The van der Waals surface area contributed by atoms with Crippen LogP contribution < -0.4 is 10.5 Å². The van der Waals surface area contributed by atoms with E-state index in [0.29, 0.717) is 28.0 Å². The highest BCUT2D eigenvalue weighted by atomic mass is 32.2. The standard InChI is InChI=1S/C35H37N3O4S2/c36-33(39)27-8-5-24(6-9-27)13-14-38-34(40)32(44-35(38)43)22-25-7-12-31(42-20-17-37-15-18-41-19-16-37)30(21-25)29-11-10-26-3-1-2-4-28(26)23-29/h1,3,5,7-12,21-24H,2,4,6,13-20H2,(H2,36,39)/b32-22-. The number of hydrogen-bond donors (Lipinski definition) is 1. The molecule has 228 valence electrons. The van der Waals surface area contributed by atoms with E-state index in [0.717, 1.165) is 81.0 Å². The minimum Gasteiger partial charge on any atom is -0.492 e. The zero-order chi connectivity index (χ0) is 30.5. The molecule has 2 saturated heterocycles. The van der Waals surface area contributed by atoms with Crippen LogP contribution in [0.1, 0.15) is 36.0 Å². The number of benzene rings is 2. The van der Waals surface area contributed by atoms with Crippen molar-refractivity contribution in [3.63, 3.8) is 0 Å². The van der Waals surface area contributed by atoms with Crippen LogP contribution in [0.25, 0.3) is 23.3 Å². The average molecular weight is 628 g/mol. The number of rotatable bonds is 10. The van der Waals surface area contributed by atoms with Crippen molar-refractivity contribution < 1.29 is 19.1 Å². The Labute approximate surface area is 268 Å². The molecule has 2 fully saturated rings. The molecule has 9 heteroatoms. The molecule has 7 nitrogen and oxygen atoms in total. The van der Waals surface area contributed by atoms with Crippen LogP contribution in [-0.4, -0.2) is 71.9 Å². The van der Waals surface area contributed by atoms with Gasteiger partial charge in [-0.05, 0) is 72.1 Å². The van der Waals surface area contributed by atoms with Crippen LogP contribution >= 0.6 is 24.0 Å². The van der Waals surface area contributed by atoms with Crippen molar-refractivity contribution in [1.82, 2.24) is 9.80 Å². The lowest BCUT2D eigenvalue weighted by atomic mass is 9.92. The first-order valence-electron chi connectivity index (χ1n) is 15.2. The second-order valence-corrected chi connectivity index (χ2v) is 13.1. The molecule has 2 aromatic rings. The number of fused-ring (bicyclic) bond motifs is 1. The first-order chi connectivity index (χ1) is 21.4. The summed E-state index contributed by atoms with van der Waals surface area (Å²) in [6.45, 7) is 5.36. The van der Waals surface area contributed by atoms with Crippen LogP contribution in [0.3, 0.4) is 0 Å². The maximum atomic E-state index is 13.4. The van der Waals surface area contributed by atoms with E-state index in [1.807, 2.05) is 30.4 Å². The van der Waals surface area contributed by atoms with Crippen molar-refractivity contribution in [2.24, 2.45) is 11.7 Å². The summed E-state index contributed by atoms with van der Waals surface area (Å²) in [6.07, 6.45) is 15.5. The zero-order valence-electron chi connectivity index (χ0n) is 24.7. The van der Waals surface area contributed by atoms with Gasteiger partial charge in [0.1, 0.15) is 16.7 Å². The minimum atomic E-state index is -0.415. The Morgan fingerprint density at radius 3 is 2.80 bits per heavy atom. The number of nitrogens with zero attached hydrogens (tertiary/aromatic N) is 2. The Bertz CT molecular complexity index is 1570. The molecule has 0 bridgehead atoms. The second-order valence-electron chi connectivity index (χ2n) is 11.4. The van der Waals surface area contributed by atoms with Crippen molar-refractivity contribution >= 4 is 52.3 Å². The Morgan fingerprint density at radius 1 is 1.14 bits per heavy atom. The summed E-state index contributed by atoms with van der Waals surface area (Å²) in [5.41, 5.74) is 11.6. The molecule has 2 aliphatic carbocycles. The number of hydrogen-bond acceptors (Lipinski definition) is 7. The van der Waals surface area contributed by atoms with Crippen molar-refractivity contribution in [3.8, 4) is 16.9 Å². The van der Waals surface area contributed by atoms with Crippen molar-refractivity contribution in [3.05, 3.63) is 87.9 Å². The average Bonchev–Trinajstić information content (AvgIpc) is 3.31. The molecule has 0 aromatic heterocycles. The molecule has 0 radical (unpaired) electrons. The van der Waals surface area contributed by atoms with E-state index >= 15 is 0 Å². The number of aryl methyl sites for hydroxylation is 1. The minimum absolute atomic E-state index is 0.0684. The highest BCUT2D eigenvalue weighted by molar-refractivity contribution is 8.26. The molecule has 44 heavy (non-hydrogen) atoms. The van der Waals surface area contributed by atoms with E-state index < -0.39 is 5.91 Å². The van der Waals surface area contributed by atoms with Gasteiger partial charge in [-0.1, -0.05) is 78.6 Å². The van der Waals surface area contributed by atoms with Gasteiger partial charge in [-0.25, -0.2) is 0 Å². The van der Waals surface area contributed by atoms with Crippen LogP contribution in [0.2, 0.25) is 0 Å². The normalized spacial score (nSPS) is 21.1. The number of nitrogens with two attached hydrogens (primary N) is 1. The lowest BCUT2D eigenvalue weighted by Crippen LogP contribution is -2.38. The lowest BCUT2D eigenvalue weighted by Gasteiger charge is -2.26. The molecule has 6 rings (SSSR count). The molecule has 0 saturated carbocycles. The zero-order valence-corrected chi connectivity index (χ0v) is 26.3. The Balaban J connectivity index is 1.18. The monoisotopic (exact) mass is 627 g/mol. The third-order valence-corrected chi connectivity index (χ3v) is 9.85. The Kier molecular flexibility index (Phi) is 9.76. The van der Waals surface area contributed by atoms with Gasteiger partial charge in [-0.3, -0.25) is 19.4 Å². The summed E-state index contributed by atoms with van der Waals surface area (Å²) in [7, 11) is 0. The smallest absolute Gasteiger partial charge is 0.266 e. The molecule has 0 spiro atoms.